The molecule has 3 rings (SSSR count). The van der Waals surface area contributed by atoms with E-state index in [2.05, 4.69) is 5.32 Å². The van der Waals surface area contributed by atoms with E-state index in [-0.39, 0.29) is 29.7 Å². The Hall–Kier alpha value is -3.01. The molecule has 35 heavy (non-hydrogen) atoms. The van der Waals surface area contributed by atoms with Crippen molar-refractivity contribution in [3.8, 4) is 0 Å². The highest BCUT2D eigenvalue weighted by Crippen LogP contribution is 2.21. The maximum absolute atomic E-state index is 14.4. The van der Waals surface area contributed by atoms with Gasteiger partial charge in [-0.3, -0.25) is 13.9 Å². The number of carbonyl (C=O) groups excluding carboxylic acids is 2. The summed E-state index contributed by atoms with van der Waals surface area (Å²) >= 11 is 0. The van der Waals surface area contributed by atoms with Crippen molar-refractivity contribution in [3.05, 3.63) is 65.7 Å². The molecule has 1 aliphatic carbocycles. The standard InChI is InChI=1S/C25H31F2N3O4S/c1-18(25(32)28-21-9-4-3-5-10-21)29(16-19-8-6-7-11-23(19)27)24(31)17-30(35(2,33)34)22-14-12-20(26)13-15-22/h6-8,11-15,18,21H,3-5,9-10,16-17H2,1-2H3,(H,28,32)/t18-/m1/s1. The molecule has 0 aliphatic heterocycles. The van der Waals surface area contributed by atoms with Crippen molar-refractivity contribution >= 4 is 27.5 Å². The van der Waals surface area contributed by atoms with Crippen LogP contribution in [0.2, 0.25) is 0 Å². The lowest BCUT2D eigenvalue weighted by molar-refractivity contribution is -0.139. The van der Waals surface area contributed by atoms with Crippen LogP contribution in [0.5, 0.6) is 0 Å². The molecule has 0 spiro atoms. The van der Waals surface area contributed by atoms with Gasteiger partial charge in [-0.05, 0) is 50.1 Å². The normalized spacial score (nSPS) is 15.3. The Bertz CT molecular complexity index is 1140. The van der Waals surface area contributed by atoms with Crippen LogP contribution in [0.3, 0.4) is 0 Å². The molecule has 1 fully saturated rings. The molecule has 2 aromatic carbocycles. The van der Waals surface area contributed by atoms with Crippen LogP contribution < -0.4 is 9.62 Å². The van der Waals surface area contributed by atoms with Crippen LogP contribution in [0.4, 0.5) is 14.5 Å². The van der Waals surface area contributed by atoms with Gasteiger partial charge in [-0.1, -0.05) is 37.5 Å². The molecule has 0 saturated heterocycles. The van der Waals surface area contributed by atoms with Gasteiger partial charge in [0, 0.05) is 18.2 Å². The van der Waals surface area contributed by atoms with Crippen LogP contribution in [0.1, 0.15) is 44.6 Å². The topological polar surface area (TPSA) is 86.8 Å². The number of benzene rings is 2. The molecule has 0 aromatic heterocycles. The predicted molar refractivity (Wildman–Crippen MR) is 130 cm³/mol. The molecular formula is C25H31F2N3O4S. The van der Waals surface area contributed by atoms with Crippen LogP contribution in [-0.4, -0.2) is 50.0 Å². The van der Waals surface area contributed by atoms with Gasteiger partial charge >= 0.3 is 0 Å². The molecule has 10 heteroatoms. The first-order chi connectivity index (χ1) is 16.6. The molecule has 7 nitrogen and oxygen atoms in total. The summed E-state index contributed by atoms with van der Waals surface area (Å²) in [6.07, 6.45) is 5.78. The molecule has 190 valence electrons. The molecule has 2 aromatic rings. The van der Waals surface area contributed by atoms with E-state index >= 15 is 0 Å². The summed E-state index contributed by atoms with van der Waals surface area (Å²) in [6, 6.07) is 9.63. The van der Waals surface area contributed by atoms with Crippen LogP contribution in [-0.2, 0) is 26.2 Å². The summed E-state index contributed by atoms with van der Waals surface area (Å²) in [6.45, 7) is 0.700. The third kappa shape index (κ3) is 7.24. The largest absolute Gasteiger partial charge is 0.352 e. The average molecular weight is 508 g/mol. The second kappa shape index (κ2) is 11.6. The zero-order chi connectivity index (χ0) is 25.6. The maximum atomic E-state index is 14.4. The van der Waals surface area contributed by atoms with Crippen molar-refractivity contribution in [2.24, 2.45) is 0 Å². The third-order valence-corrected chi connectivity index (χ3v) is 7.35. The number of halogens is 2. The van der Waals surface area contributed by atoms with Crippen molar-refractivity contribution in [1.29, 1.82) is 0 Å². The van der Waals surface area contributed by atoms with Crippen LogP contribution in [0.25, 0.3) is 0 Å². The molecule has 1 aliphatic rings. The minimum atomic E-state index is -3.92. The predicted octanol–water partition coefficient (Wildman–Crippen LogP) is 3.60. The monoisotopic (exact) mass is 507 g/mol. The van der Waals surface area contributed by atoms with Crippen LogP contribution in [0.15, 0.2) is 48.5 Å². The lowest BCUT2D eigenvalue weighted by Crippen LogP contribution is -2.53. The summed E-state index contributed by atoms with van der Waals surface area (Å²) in [5.41, 5.74) is 0.304. The van der Waals surface area contributed by atoms with Gasteiger partial charge in [-0.15, -0.1) is 0 Å². The number of hydrogen-bond acceptors (Lipinski definition) is 4. The highest BCUT2D eigenvalue weighted by atomic mass is 32.2. The molecule has 1 N–H and O–H groups in total. The number of anilines is 1. The number of sulfonamides is 1. The number of amides is 2. The van der Waals surface area contributed by atoms with E-state index in [1.165, 1.54) is 35.2 Å². The molecule has 0 unspecified atom stereocenters. The van der Waals surface area contributed by atoms with E-state index in [0.29, 0.717) is 0 Å². The average Bonchev–Trinajstić information content (AvgIpc) is 2.82. The van der Waals surface area contributed by atoms with E-state index in [1.54, 1.807) is 13.0 Å². The first kappa shape index (κ1) is 26.6. The van der Waals surface area contributed by atoms with Gasteiger partial charge in [-0.25, -0.2) is 17.2 Å². The highest BCUT2D eigenvalue weighted by Gasteiger charge is 2.31. The Morgan fingerprint density at radius 1 is 1.03 bits per heavy atom. The Labute approximate surface area is 205 Å². The first-order valence-electron chi connectivity index (χ1n) is 11.6. The molecule has 1 saturated carbocycles. The van der Waals surface area contributed by atoms with Crippen LogP contribution >= 0.6 is 0 Å². The van der Waals surface area contributed by atoms with E-state index in [9.17, 15) is 26.8 Å². The Morgan fingerprint density at radius 2 is 1.66 bits per heavy atom. The summed E-state index contributed by atoms with van der Waals surface area (Å²) in [7, 11) is -3.92. The molecule has 1 atom stereocenters. The van der Waals surface area contributed by atoms with E-state index in [4.69, 9.17) is 0 Å². The summed E-state index contributed by atoms with van der Waals surface area (Å²) in [4.78, 5) is 27.7. The smallest absolute Gasteiger partial charge is 0.244 e. The number of hydrogen-bond donors (Lipinski definition) is 1. The van der Waals surface area contributed by atoms with E-state index in [1.807, 2.05) is 0 Å². The van der Waals surface area contributed by atoms with Crippen molar-refractivity contribution < 1.29 is 26.8 Å². The number of nitrogens with one attached hydrogen (secondary N) is 1. The van der Waals surface area contributed by atoms with Gasteiger partial charge in [0.2, 0.25) is 21.8 Å². The van der Waals surface area contributed by atoms with Gasteiger partial charge in [0.25, 0.3) is 0 Å². The Kier molecular flexibility index (Phi) is 8.82. The van der Waals surface area contributed by atoms with Gasteiger partial charge in [0.15, 0.2) is 0 Å². The fourth-order valence-corrected chi connectivity index (χ4v) is 5.03. The maximum Gasteiger partial charge on any atom is 0.244 e. The number of rotatable bonds is 9. The first-order valence-corrected chi connectivity index (χ1v) is 13.5. The second-order valence-electron chi connectivity index (χ2n) is 8.88. The number of nitrogens with zero attached hydrogens (tertiary/aromatic N) is 2. The second-order valence-corrected chi connectivity index (χ2v) is 10.8. The lowest BCUT2D eigenvalue weighted by atomic mass is 9.95. The van der Waals surface area contributed by atoms with Gasteiger partial charge < -0.3 is 10.2 Å². The Morgan fingerprint density at radius 3 is 2.26 bits per heavy atom. The van der Waals surface area contributed by atoms with Gasteiger partial charge in [-0.2, -0.15) is 0 Å². The molecule has 0 bridgehead atoms. The number of carbonyl (C=O) groups is 2. The van der Waals surface area contributed by atoms with Crippen molar-refractivity contribution in [1.82, 2.24) is 10.2 Å². The van der Waals surface area contributed by atoms with Gasteiger partial charge in [0.05, 0.1) is 11.9 Å². The fourth-order valence-electron chi connectivity index (χ4n) is 4.18. The Balaban J connectivity index is 1.87. The van der Waals surface area contributed by atoms with Crippen molar-refractivity contribution in [2.45, 2.75) is 57.7 Å². The summed E-state index contributed by atoms with van der Waals surface area (Å²) < 4.78 is 53.6. The molecule has 0 radical (unpaired) electrons. The summed E-state index contributed by atoms with van der Waals surface area (Å²) in [5, 5.41) is 2.98. The third-order valence-electron chi connectivity index (χ3n) is 6.21. The fraction of sp³-hybridized carbons (Fsp3) is 0.440. The summed E-state index contributed by atoms with van der Waals surface area (Å²) in [5.74, 6) is -2.16. The lowest BCUT2D eigenvalue weighted by Gasteiger charge is -2.33. The minimum Gasteiger partial charge on any atom is -0.352 e. The van der Waals surface area contributed by atoms with Crippen molar-refractivity contribution in [3.63, 3.8) is 0 Å². The molecular weight excluding hydrogens is 476 g/mol. The zero-order valence-electron chi connectivity index (χ0n) is 19.9. The quantitative estimate of drug-likeness (QED) is 0.562. The van der Waals surface area contributed by atoms with Crippen molar-refractivity contribution in [2.75, 3.05) is 17.1 Å². The molecule has 0 heterocycles. The van der Waals surface area contributed by atoms with Gasteiger partial charge in [0.1, 0.15) is 24.2 Å². The highest BCUT2D eigenvalue weighted by molar-refractivity contribution is 7.92. The SMILES string of the molecule is C[C@H](C(=O)NC1CCCCC1)N(Cc1ccccc1F)C(=O)CN(c1ccc(F)cc1)S(C)(=O)=O. The minimum absolute atomic E-state index is 0.0100. The van der Waals surface area contributed by atoms with E-state index < -0.39 is 40.2 Å². The zero-order valence-corrected chi connectivity index (χ0v) is 20.7. The molecule has 2 amide bonds. The van der Waals surface area contributed by atoms with Crippen LogP contribution in [0, 0.1) is 11.6 Å². The van der Waals surface area contributed by atoms with E-state index in [0.717, 1.165) is 54.8 Å².